The maximum absolute atomic E-state index is 13.2. The number of rotatable bonds is 2. The first kappa shape index (κ1) is 16.5. The van der Waals surface area contributed by atoms with Crippen molar-refractivity contribution in [3.05, 3.63) is 30.2 Å². The highest BCUT2D eigenvalue weighted by Crippen LogP contribution is 2.35. The van der Waals surface area contributed by atoms with Gasteiger partial charge in [-0.3, -0.25) is 9.20 Å². The third-order valence-corrected chi connectivity index (χ3v) is 5.99. The Bertz CT molecular complexity index is 768. The number of carbonyl (C=O) groups is 1. The Morgan fingerprint density at radius 3 is 2.96 bits per heavy atom. The van der Waals surface area contributed by atoms with Gasteiger partial charge in [-0.15, -0.1) is 10.2 Å². The maximum Gasteiger partial charge on any atom is 0.227 e. The van der Waals surface area contributed by atoms with Crippen LogP contribution in [-0.4, -0.2) is 44.0 Å². The minimum absolute atomic E-state index is 0.0462. The molecule has 3 unspecified atom stereocenters. The first-order chi connectivity index (χ1) is 12.1. The quantitative estimate of drug-likeness (QED) is 0.909. The molecule has 2 N–H and O–H groups in total. The molecule has 2 aromatic heterocycles. The molecule has 6 nitrogen and oxygen atoms in total. The van der Waals surface area contributed by atoms with E-state index in [9.17, 15) is 4.79 Å². The average Bonchev–Trinajstić information content (AvgIpc) is 3.05. The van der Waals surface area contributed by atoms with Gasteiger partial charge in [0.1, 0.15) is 5.82 Å². The number of nitrogens with two attached hydrogens (primary N) is 1. The van der Waals surface area contributed by atoms with Crippen molar-refractivity contribution in [1.29, 1.82) is 0 Å². The number of fused-ring (bicyclic) bond motifs is 1. The molecule has 0 radical (unpaired) electrons. The normalized spacial score (nSPS) is 30.6. The second kappa shape index (κ2) is 6.41. The van der Waals surface area contributed by atoms with E-state index >= 15 is 0 Å². The Morgan fingerprint density at radius 2 is 2.12 bits per heavy atom. The molecule has 1 amide bonds. The van der Waals surface area contributed by atoms with Crippen molar-refractivity contribution < 1.29 is 4.79 Å². The van der Waals surface area contributed by atoms with E-state index in [1.54, 1.807) is 0 Å². The lowest BCUT2D eigenvalue weighted by Crippen LogP contribution is -2.55. The number of pyridine rings is 1. The Morgan fingerprint density at radius 1 is 1.24 bits per heavy atom. The summed E-state index contributed by atoms with van der Waals surface area (Å²) in [6.45, 7) is 3.60. The molecule has 1 saturated heterocycles. The molecule has 1 aliphatic heterocycles. The Balaban J connectivity index is 1.54. The van der Waals surface area contributed by atoms with E-state index in [1.165, 1.54) is 0 Å². The third-order valence-electron chi connectivity index (χ3n) is 5.99. The summed E-state index contributed by atoms with van der Waals surface area (Å²) in [4.78, 5) is 15.2. The van der Waals surface area contributed by atoms with E-state index in [0.717, 1.165) is 63.1 Å². The third kappa shape index (κ3) is 3.03. The SMILES string of the molecule is CC1(N)CCCCC1C(=O)N1CCCC(c2nnc3ccccn23)C1. The van der Waals surface area contributed by atoms with Gasteiger partial charge in [0, 0.05) is 30.7 Å². The first-order valence-electron chi connectivity index (χ1n) is 9.43. The van der Waals surface area contributed by atoms with Crippen LogP contribution >= 0.6 is 0 Å². The van der Waals surface area contributed by atoms with Gasteiger partial charge < -0.3 is 10.6 Å². The van der Waals surface area contributed by atoms with Gasteiger partial charge in [0.05, 0.1) is 5.92 Å². The van der Waals surface area contributed by atoms with E-state index in [2.05, 4.69) is 10.2 Å². The summed E-state index contributed by atoms with van der Waals surface area (Å²) in [6, 6.07) is 5.92. The fraction of sp³-hybridized carbons (Fsp3) is 0.632. The smallest absolute Gasteiger partial charge is 0.227 e. The van der Waals surface area contributed by atoms with Crippen molar-refractivity contribution >= 4 is 11.6 Å². The van der Waals surface area contributed by atoms with E-state index in [4.69, 9.17) is 5.73 Å². The second-order valence-corrected chi connectivity index (χ2v) is 7.91. The van der Waals surface area contributed by atoms with Crippen molar-refractivity contribution in [2.45, 2.75) is 56.9 Å². The van der Waals surface area contributed by atoms with E-state index in [0.29, 0.717) is 0 Å². The highest BCUT2D eigenvalue weighted by atomic mass is 16.2. The molecule has 3 atom stereocenters. The summed E-state index contributed by atoms with van der Waals surface area (Å²) < 4.78 is 2.05. The van der Waals surface area contributed by atoms with Crippen molar-refractivity contribution in [2.75, 3.05) is 13.1 Å². The number of amides is 1. The fourth-order valence-corrected chi connectivity index (χ4v) is 4.51. The van der Waals surface area contributed by atoms with Gasteiger partial charge in [-0.1, -0.05) is 18.9 Å². The highest BCUT2D eigenvalue weighted by Gasteiger charge is 2.41. The Labute approximate surface area is 148 Å². The summed E-state index contributed by atoms with van der Waals surface area (Å²) in [5.41, 5.74) is 6.95. The van der Waals surface area contributed by atoms with Crippen LogP contribution in [0.4, 0.5) is 0 Å². The number of hydrogen-bond acceptors (Lipinski definition) is 4. The number of nitrogens with zero attached hydrogens (tertiary/aromatic N) is 4. The van der Waals surface area contributed by atoms with E-state index in [-0.39, 0.29) is 23.3 Å². The number of carbonyl (C=O) groups excluding carboxylic acids is 1. The molecular formula is C19H27N5O. The molecule has 1 saturated carbocycles. The lowest BCUT2D eigenvalue weighted by molar-refractivity contribution is -0.140. The molecule has 6 heteroatoms. The first-order valence-corrected chi connectivity index (χ1v) is 9.43. The van der Waals surface area contributed by atoms with Crippen molar-refractivity contribution in [1.82, 2.24) is 19.5 Å². The predicted octanol–water partition coefficient (Wildman–Crippen LogP) is 2.34. The van der Waals surface area contributed by atoms with Crippen LogP contribution in [0.2, 0.25) is 0 Å². The van der Waals surface area contributed by atoms with Crippen LogP contribution in [0.15, 0.2) is 24.4 Å². The zero-order chi connectivity index (χ0) is 17.4. The molecule has 25 heavy (non-hydrogen) atoms. The zero-order valence-corrected chi connectivity index (χ0v) is 14.9. The molecule has 3 heterocycles. The Hall–Kier alpha value is -1.95. The van der Waals surface area contributed by atoms with Gasteiger partial charge in [-0.25, -0.2) is 0 Å². The molecule has 134 valence electrons. The van der Waals surface area contributed by atoms with Crippen molar-refractivity contribution in [2.24, 2.45) is 11.7 Å². The van der Waals surface area contributed by atoms with Crippen LogP contribution in [0.1, 0.15) is 57.2 Å². The largest absolute Gasteiger partial charge is 0.342 e. The second-order valence-electron chi connectivity index (χ2n) is 7.91. The van der Waals surface area contributed by atoms with Gasteiger partial charge in [-0.05, 0) is 44.7 Å². The zero-order valence-electron chi connectivity index (χ0n) is 14.9. The lowest BCUT2D eigenvalue weighted by atomic mass is 9.73. The predicted molar refractivity (Wildman–Crippen MR) is 96.1 cm³/mol. The number of likely N-dealkylation sites (tertiary alicyclic amines) is 1. The van der Waals surface area contributed by atoms with Crippen LogP contribution in [0, 0.1) is 5.92 Å². The standard InChI is InChI=1S/C19H27N5O/c1-19(20)10-4-2-8-15(19)18(25)23-11-6-7-14(13-23)17-22-21-16-9-3-5-12-24(16)17/h3,5,9,12,14-15H,2,4,6-8,10-11,13,20H2,1H3. The maximum atomic E-state index is 13.2. The molecule has 0 spiro atoms. The molecule has 2 aromatic rings. The minimum Gasteiger partial charge on any atom is -0.342 e. The number of aromatic nitrogens is 3. The van der Waals surface area contributed by atoms with E-state index in [1.807, 2.05) is 40.6 Å². The van der Waals surface area contributed by atoms with Crippen LogP contribution in [0.3, 0.4) is 0 Å². The van der Waals surface area contributed by atoms with Gasteiger partial charge in [0.25, 0.3) is 0 Å². The summed E-state index contributed by atoms with van der Waals surface area (Å²) in [7, 11) is 0. The average molecular weight is 341 g/mol. The summed E-state index contributed by atoms with van der Waals surface area (Å²) in [5.74, 6) is 1.40. The monoisotopic (exact) mass is 341 g/mol. The van der Waals surface area contributed by atoms with Gasteiger partial charge >= 0.3 is 0 Å². The molecular weight excluding hydrogens is 314 g/mol. The molecule has 0 bridgehead atoms. The van der Waals surface area contributed by atoms with Gasteiger partial charge in [0.2, 0.25) is 5.91 Å². The summed E-state index contributed by atoms with van der Waals surface area (Å²) in [6.07, 6.45) is 8.15. The summed E-state index contributed by atoms with van der Waals surface area (Å²) in [5, 5.41) is 8.67. The Kier molecular flexibility index (Phi) is 4.23. The molecule has 1 aliphatic carbocycles. The molecule has 0 aromatic carbocycles. The topological polar surface area (TPSA) is 76.5 Å². The van der Waals surface area contributed by atoms with Crippen LogP contribution in [-0.2, 0) is 4.79 Å². The van der Waals surface area contributed by atoms with E-state index < -0.39 is 0 Å². The molecule has 2 fully saturated rings. The van der Waals surface area contributed by atoms with Crippen LogP contribution in [0.5, 0.6) is 0 Å². The van der Waals surface area contributed by atoms with Crippen molar-refractivity contribution in [3.8, 4) is 0 Å². The number of piperidine rings is 1. The number of hydrogen-bond donors (Lipinski definition) is 1. The lowest BCUT2D eigenvalue weighted by Gasteiger charge is -2.42. The fourth-order valence-electron chi connectivity index (χ4n) is 4.51. The van der Waals surface area contributed by atoms with Crippen LogP contribution < -0.4 is 5.73 Å². The van der Waals surface area contributed by atoms with Crippen LogP contribution in [0.25, 0.3) is 5.65 Å². The summed E-state index contributed by atoms with van der Waals surface area (Å²) >= 11 is 0. The minimum atomic E-state index is -0.371. The van der Waals surface area contributed by atoms with Crippen molar-refractivity contribution in [3.63, 3.8) is 0 Å². The highest BCUT2D eigenvalue weighted by molar-refractivity contribution is 5.80. The van der Waals surface area contributed by atoms with Gasteiger partial charge in [0.15, 0.2) is 5.65 Å². The molecule has 2 aliphatic rings. The molecule has 4 rings (SSSR count). The van der Waals surface area contributed by atoms with Gasteiger partial charge in [-0.2, -0.15) is 0 Å².